The molecule has 0 saturated carbocycles. The summed E-state index contributed by atoms with van der Waals surface area (Å²) in [6.07, 6.45) is 4.26. The molecule has 6 nitrogen and oxygen atoms in total. The third kappa shape index (κ3) is 4.66. The van der Waals surface area contributed by atoms with Crippen LogP contribution in [0.15, 0.2) is 42.9 Å². The highest BCUT2D eigenvalue weighted by molar-refractivity contribution is 7.71. The van der Waals surface area contributed by atoms with Crippen LogP contribution in [0.1, 0.15) is 47.1 Å². The Morgan fingerprint density at radius 3 is 2.35 bits per heavy atom. The van der Waals surface area contributed by atoms with Crippen molar-refractivity contribution in [3.8, 4) is 28.4 Å². The molecule has 0 aliphatic rings. The van der Waals surface area contributed by atoms with Gasteiger partial charge < -0.3 is 19.8 Å². The predicted molar refractivity (Wildman–Crippen MR) is 131 cm³/mol. The van der Waals surface area contributed by atoms with Gasteiger partial charge in [0, 0.05) is 24.4 Å². The lowest BCUT2D eigenvalue weighted by molar-refractivity contribution is 0.447. The Hall–Kier alpha value is -3.06. The molecular formula is C24H32N4O2S. The number of aromatic amines is 1. The van der Waals surface area contributed by atoms with Crippen molar-refractivity contribution in [2.45, 2.75) is 54.5 Å². The average Bonchev–Trinajstić information content (AvgIpc) is 3.39. The second kappa shape index (κ2) is 10.8. The van der Waals surface area contributed by atoms with Crippen LogP contribution in [0.4, 0.5) is 0 Å². The van der Waals surface area contributed by atoms with E-state index in [1.807, 2.05) is 63.7 Å². The fourth-order valence-electron chi connectivity index (χ4n) is 3.37. The Balaban J connectivity index is 0.000000807. The standard InChI is InChI=1S/C20H20N4O2S.2C2H6/c1-3-12-7-14(19(26)9-18(12)25)17-10-21-20(27)24(17)13-5-6-15-16(8-13)23(4-2)11-22-15;2*1-2/h5-11,25-26H,3-4H2,1-2H3,(H,21,27);2*1-2H3. The van der Waals surface area contributed by atoms with Crippen molar-refractivity contribution < 1.29 is 10.2 Å². The molecule has 166 valence electrons. The molecule has 0 atom stereocenters. The molecule has 3 N–H and O–H groups in total. The first-order chi connectivity index (χ1) is 15.0. The van der Waals surface area contributed by atoms with Gasteiger partial charge >= 0.3 is 0 Å². The quantitative estimate of drug-likeness (QED) is 0.312. The Morgan fingerprint density at radius 2 is 1.71 bits per heavy atom. The van der Waals surface area contributed by atoms with Crippen molar-refractivity contribution in [3.63, 3.8) is 0 Å². The van der Waals surface area contributed by atoms with Crippen molar-refractivity contribution in [1.82, 2.24) is 19.1 Å². The first-order valence-electron chi connectivity index (χ1n) is 10.8. The molecule has 2 heterocycles. The van der Waals surface area contributed by atoms with E-state index >= 15 is 0 Å². The molecule has 4 aromatic rings. The molecule has 0 bridgehead atoms. The van der Waals surface area contributed by atoms with Crippen LogP contribution in [0.5, 0.6) is 11.5 Å². The molecule has 0 aliphatic heterocycles. The summed E-state index contributed by atoms with van der Waals surface area (Å²) in [5.74, 6) is 0.0971. The smallest absolute Gasteiger partial charge is 0.182 e. The monoisotopic (exact) mass is 440 g/mol. The number of imidazole rings is 2. The van der Waals surface area contributed by atoms with E-state index < -0.39 is 0 Å². The zero-order valence-electron chi connectivity index (χ0n) is 19.1. The minimum absolute atomic E-state index is 0.00660. The topological polar surface area (TPSA) is 79.0 Å². The molecule has 2 aromatic heterocycles. The largest absolute Gasteiger partial charge is 0.508 e. The number of phenolic OH excluding ortho intramolecular Hbond substituents is 2. The number of nitrogens with zero attached hydrogens (tertiary/aromatic N) is 3. The molecule has 0 aliphatic carbocycles. The summed E-state index contributed by atoms with van der Waals surface area (Å²) in [6, 6.07) is 9.14. The van der Waals surface area contributed by atoms with Crippen LogP contribution in [0.3, 0.4) is 0 Å². The Morgan fingerprint density at radius 1 is 1.00 bits per heavy atom. The van der Waals surface area contributed by atoms with Gasteiger partial charge in [-0.15, -0.1) is 0 Å². The summed E-state index contributed by atoms with van der Waals surface area (Å²) in [5, 5.41) is 20.4. The predicted octanol–water partition coefficient (Wildman–Crippen LogP) is 6.60. The Bertz CT molecular complexity index is 1200. The molecule has 0 amide bonds. The lowest BCUT2D eigenvalue weighted by Crippen LogP contribution is -1.99. The van der Waals surface area contributed by atoms with Gasteiger partial charge in [0.25, 0.3) is 0 Å². The van der Waals surface area contributed by atoms with Crippen LogP contribution in [-0.2, 0) is 13.0 Å². The zero-order chi connectivity index (χ0) is 23.1. The number of hydrogen-bond acceptors (Lipinski definition) is 4. The summed E-state index contributed by atoms with van der Waals surface area (Å²) >= 11 is 5.50. The molecule has 31 heavy (non-hydrogen) atoms. The van der Waals surface area contributed by atoms with Crippen molar-refractivity contribution in [1.29, 1.82) is 0 Å². The lowest BCUT2D eigenvalue weighted by atomic mass is 10.0. The maximum atomic E-state index is 10.4. The summed E-state index contributed by atoms with van der Waals surface area (Å²) in [5.41, 5.74) is 4.93. The number of aromatic nitrogens is 4. The van der Waals surface area contributed by atoms with Crippen molar-refractivity contribution in [2.75, 3.05) is 0 Å². The molecule has 0 unspecified atom stereocenters. The first-order valence-corrected chi connectivity index (χ1v) is 11.2. The van der Waals surface area contributed by atoms with Gasteiger partial charge in [0.15, 0.2) is 4.77 Å². The Kier molecular flexibility index (Phi) is 8.45. The number of hydrogen-bond donors (Lipinski definition) is 3. The molecular weight excluding hydrogens is 408 g/mol. The SMILES string of the molecule is CC.CC.CCc1cc(-c2c[nH]c(=S)n2-c2ccc3ncn(CC)c3c2)c(O)cc1O. The van der Waals surface area contributed by atoms with Gasteiger partial charge in [0.05, 0.1) is 28.7 Å². The number of rotatable bonds is 4. The van der Waals surface area contributed by atoms with E-state index in [0.29, 0.717) is 16.8 Å². The van der Waals surface area contributed by atoms with Crippen LogP contribution in [0.2, 0.25) is 0 Å². The van der Waals surface area contributed by atoms with Gasteiger partial charge in [-0.05, 0) is 55.4 Å². The third-order valence-corrected chi connectivity index (χ3v) is 5.13. The van der Waals surface area contributed by atoms with Crippen molar-refractivity contribution >= 4 is 23.3 Å². The molecule has 4 rings (SSSR count). The normalized spacial score (nSPS) is 10.3. The number of aromatic hydroxyl groups is 2. The van der Waals surface area contributed by atoms with Gasteiger partial charge in [0.1, 0.15) is 11.5 Å². The number of phenols is 2. The highest BCUT2D eigenvalue weighted by atomic mass is 32.1. The van der Waals surface area contributed by atoms with Crippen molar-refractivity contribution in [2.24, 2.45) is 0 Å². The van der Waals surface area contributed by atoms with E-state index in [0.717, 1.165) is 34.5 Å². The van der Waals surface area contributed by atoms with E-state index in [-0.39, 0.29) is 11.5 Å². The van der Waals surface area contributed by atoms with E-state index in [1.165, 1.54) is 6.07 Å². The molecule has 0 saturated heterocycles. The number of nitrogens with one attached hydrogen (secondary N) is 1. The Labute approximate surface area is 188 Å². The molecule has 0 fully saturated rings. The van der Waals surface area contributed by atoms with Gasteiger partial charge in [-0.1, -0.05) is 34.6 Å². The van der Waals surface area contributed by atoms with E-state index in [1.54, 1.807) is 12.3 Å². The minimum atomic E-state index is 0.00660. The molecule has 7 heteroatoms. The van der Waals surface area contributed by atoms with Crippen LogP contribution < -0.4 is 0 Å². The number of benzene rings is 2. The molecule has 0 spiro atoms. The highest BCUT2D eigenvalue weighted by Crippen LogP contribution is 2.36. The maximum Gasteiger partial charge on any atom is 0.182 e. The summed E-state index contributed by atoms with van der Waals surface area (Å²) in [6.45, 7) is 12.9. The number of fused-ring (bicyclic) bond motifs is 1. The third-order valence-electron chi connectivity index (χ3n) is 4.83. The van der Waals surface area contributed by atoms with Crippen LogP contribution in [0, 0.1) is 4.77 Å². The lowest BCUT2D eigenvalue weighted by Gasteiger charge is -2.13. The first kappa shape index (κ1) is 24.2. The van der Waals surface area contributed by atoms with E-state index in [9.17, 15) is 10.2 Å². The number of aryl methyl sites for hydroxylation is 2. The fraction of sp³-hybridized carbons (Fsp3) is 0.333. The second-order valence-corrected chi connectivity index (χ2v) is 6.76. The van der Waals surface area contributed by atoms with E-state index in [2.05, 4.69) is 21.5 Å². The number of H-pyrrole nitrogens is 1. The van der Waals surface area contributed by atoms with E-state index in [4.69, 9.17) is 12.2 Å². The summed E-state index contributed by atoms with van der Waals surface area (Å²) < 4.78 is 4.48. The van der Waals surface area contributed by atoms with Crippen LogP contribution >= 0.6 is 12.2 Å². The summed E-state index contributed by atoms with van der Waals surface area (Å²) in [7, 11) is 0. The fourth-order valence-corrected chi connectivity index (χ4v) is 3.63. The summed E-state index contributed by atoms with van der Waals surface area (Å²) in [4.78, 5) is 7.48. The average molecular weight is 441 g/mol. The van der Waals surface area contributed by atoms with Crippen LogP contribution in [-0.4, -0.2) is 29.3 Å². The zero-order valence-corrected chi connectivity index (χ0v) is 19.9. The highest BCUT2D eigenvalue weighted by Gasteiger charge is 2.16. The van der Waals surface area contributed by atoms with Crippen molar-refractivity contribution in [3.05, 3.63) is 53.2 Å². The second-order valence-electron chi connectivity index (χ2n) is 6.37. The molecule has 0 radical (unpaired) electrons. The van der Waals surface area contributed by atoms with Gasteiger partial charge in [-0.2, -0.15) is 0 Å². The van der Waals surface area contributed by atoms with Gasteiger partial charge in [-0.3, -0.25) is 4.57 Å². The van der Waals surface area contributed by atoms with Crippen LogP contribution in [0.25, 0.3) is 28.0 Å². The van der Waals surface area contributed by atoms with Gasteiger partial charge in [0.2, 0.25) is 0 Å². The molecule has 2 aromatic carbocycles. The maximum absolute atomic E-state index is 10.4. The van der Waals surface area contributed by atoms with Gasteiger partial charge in [-0.25, -0.2) is 4.98 Å². The minimum Gasteiger partial charge on any atom is -0.508 e.